The third kappa shape index (κ3) is 6.94. The van der Waals surface area contributed by atoms with Gasteiger partial charge in [0.25, 0.3) is 5.91 Å². The molecule has 0 saturated carbocycles. The number of nitrogens with zero attached hydrogens (tertiary/aromatic N) is 1. The normalized spacial score (nSPS) is 15.4. The van der Waals surface area contributed by atoms with Crippen molar-refractivity contribution < 1.29 is 46.2 Å². The van der Waals surface area contributed by atoms with Crippen LogP contribution in [0, 0.1) is 0 Å². The Bertz CT molecular complexity index is 1120. The summed E-state index contributed by atoms with van der Waals surface area (Å²) in [5, 5.41) is 19.7. The number of aliphatic carboxylic acids is 1. The van der Waals surface area contributed by atoms with Crippen LogP contribution in [0.4, 0.5) is 13.2 Å². The van der Waals surface area contributed by atoms with Gasteiger partial charge in [-0.1, -0.05) is 30.3 Å². The van der Waals surface area contributed by atoms with E-state index in [-0.39, 0.29) is 24.3 Å². The number of halogens is 3. The highest BCUT2D eigenvalue weighted by Gasteiger charge is 2.50. The lowest BCUT2D eigenvalue weighted by atomic mass is 9.87. The average Bonchev–Trinajstić information content (AvgIpc) is 2.87. The number of carbonyl (C=O) groups excluding carboxylic acids is 1. The van der Waals surface area contributed by atoms with Gasteiger partial charge in [0.1, 0.15) is 11.3 Å². The van der Waals surface area contributed by atoms with Gasteiger partial charge in [-0.3, -0.25) is 10.0 Å². The highest BCUT2D eigenvalue weighted by Crippen LogP contribution is 2.34. The largest absolute Gasteiger partial charge is 0.497 e. The van der Waals surface area contributed by atoms with E-state index in [1.165, 1.54) is 23.5 Å². The average molecular weight is 534 g/mol. The maximum Gasteiger partial charge on any atom is 0.490 e. The Balaban J connectivity index is 0.000000572. The number of nitrogens with one attached hydrogen (secondary N) is 2. The third-order valence-corrected chi connectivity index (χ3v) is 7.42. The van der Waals surface area contributed by atoms with E-state index in [2.05, 4.69) is 5.32 Å². The number of rotatable bonds is 7. The second kappa shape index (κ2) is 12.2. The van der Waals surface area contributed by atoms with Crippen LogP contribution in [-0.4, -0.2) is 66.8 Å². The molecule has 2 aromatic carbocycles. The van der Waals surface area contributed by atoms with E-state index in [0.717, 1.165) is 5.56 Å². The molecule has 0 radical (unpaired) electrons. The zero-order valence-corrected chi connectivity index (χ0v) is 20.0. The Labute approximate surface area is 205 Å². The number of benzene rings is 2. The molecule has 1 heterocycles. The van der Waals surface area contributed by atoms with Crippen LogP contribution in [-0.2, 0) is 26.2 Å². The molecule has 2 aromatic rings. The topological polar surface area (TPSA) is 145 Å². The molecule has 1 aliphatic rings. The Hall–Kier alpha value is -3.20. The number of piperidine rings is 1. The number of hydrogen-bond acceptors (Lipinski definition) is 7. The Morgan fingerprint density at radius 3 is 2.06 bits per heavy atom. The molecular weight excluding hydrogens is 507 g/mol. The van der Waals surface area contributed by atoms with Crippen LogP contribution in [0.2, 0.25) is 0 Å². The van der Waals surface area contributed by atoms with Crippen molar-refractivity contribution in [3.63, 3.8) is 0 Å². The van der Waals surface area contributed by atoms with Gasteiger partial charge in [-0.25, -0.2) is 18.7 Å². The van der Waals surface area contributed by atoms with Crippen LogP contribution in [0.3, 0.4) is 0 Å². The first kappa shape index (κ1) is 29.0. The van der Waals surface area contributed by atoms with Gasteiger partial charge < -0.3 is 15.2 Å². The summed E-state index contributed by atoms with van der Waals surface area (Å²) in [6.45, 7) is 0.913. The molecule has 0 unspecified atom stereocenters. The molecule has 4 N–H and O–H groups in total. The Morgan fingerprint density at radius 1 is 1.08 bits per heavy atom. The van der Waals surface area contributed by atoms with Gasteiger partial charge in [0, 0.05) is 6.54 Å². The van der Waals surface area contributed by atoms with Gasteiger partial charge in [-0.15, -0.1) is 0 Å². The zero-order chi connectivity index (χ0) is 27.0. The molecule has 0 aromatic heterocycles. The first-order valence-corrected chi connectivity index (χ1v) is 12.0. The number of hydroxylamine groups is 1. The fourth-order valence-corrected chi connectivity index (χ4v) is 5.40. The van der Waals surface area contributed by atoms with E-state index in [9.17, 15) is 31.6 Å². The van der Waals surface area contributed by atoms with Gasteiger partial charge >= 0.3 is 12.1 Å². The van der Waals surface area contributed by atoms with Gasteiger partial charge in [-0.2, -0.15) is 17.5 Å². The van der Waals surface area contributed by atoms with E-state index >= 15 is 0 Å². The molecule has 0 spiro atoms. The van der Waals surface area contributed by atoms with Crippen molar-refractivity contribution >= 4 is 21.9 Å². The minimum Gasteiger partial charge on any atom is -0.497 e. The summed E-state index contributed by atoms with van der Waals surface area (Å²) in [5.41, 5.74) is 1.03. The molecule has 3 rings (SSSR count). The number of methoxy groups -OCH3 is 1. The van der Waals surface area contributed by atoms with E-state index < -0.39 is 33.6 Å². The molecule has 1 fully saturated rings. The summed E-state index contributed by atoms with van der Waals surface area (Å²) in [4.78, 5) is 21.7. The van der Waals surface area contributed by atoms with Crippen LogP contribution in [0.5, 0.6) is 5.75 Å². The van der Waals surface area contributed by atoms with Crippen molar-refractivity contribution in [3.8, 4) is 5.75 Å². The number of carbonyl (C=O) groups is 2. The van der Waals surface area contributed by atoms with E-state index in [1.54, 1.807) is 17.6 Å². The fraction of sp³-hybridized carbons (Fsp3) is 0.364. The molecule has 0 bridgehead atoms. The summed E-state index contributed by atoms with van der Waals surface area (Å²) < 4.78 is 65.4. The number of sulfonamides is 1. The maximum absolute atomic E-state index is 13.7. The van der Waals surface area contributed by atoms with Crippen LogP contribution >= 0.6 is 0 Å². The number of amides is 1. The first-order chi connectivity index (χ1) is 16.9. The van der Waals surface area contributed by atoms with Crippen molar-refractivity contribution in [1.29, 1.82) is 0 Å². The summed E-state index contributed by atoms with van der Waals surface area (Å²) in [5.74, 6) is -2.96. The molecule has 1 amide bonds. The van der Waals surface area contributed by atoms with Crippen molar-refractivity contribution in [2.45, 2.75) is 36.0 Å². The zero-order valence-electron chi connectivity index (χ0n) is 19.2. The third-order valence-electron chi connectivity index (χ3n) is 5.49. The number of carboxylic acids is 1. The van der Waals surface area contributed by atoms with Gasteiger partial charge in [0.05, 0.1) is 12.0 Å². The second-order valence-corrected chi connectivity index (χ2v) is 9.56. The minimum atomic E-state index is -5.08. The molecule has 198 valence electrons. The quantitative estimate of drug-likeness (QED) is 0.313. The van der Waals surface area contributed by atoms with Crippen molar-refractivity contribution in [1.82, 2.24) is 15.1 Å². The monoisotopic (exact) mass is 533 g/mol. The van der Waals surface area contributed by atoms with Crippen LogP contribution < -0.4 is 15.5 Å². The molecule has 1 saturated heterocycles. The lowest BCUT2D eigenvalue weighted by Crippen LogP contribution is -2.63. The lowest BCUT2D eigenvalue weighted by Gasteiger charge is -2.43. The van der Waals surface area contributed by atoms with Crippen molar-refractivity contribution in [3.05, 3.63) is 60.2 Å². The van der Waals surface area contributed by atoms with E-state index in [4.69, 9.17) is 14.6 Å². The molecule has 36 heavy (non-hydrogen) atoms. The number of alkyl halides is 3. The molecular formula is C22H26F3N3O7S. The standard InChI is InChI=1S/C20H25N3O5S.C2HF3O2/c1-28-17-7-9-18(10-8-17)29(26,27)23(15-16-5-3-2-4-6-16)20(19(24)22-25)11-13-21-14-12-20;3-2(4,5)1(6)7/h2-10,21,25H,11-15H2,1H3,(H,22,24);(H,6,7). The number of ether oxygens (including phenoxy) is 1. The van der Waals surface area contributed by atoms with E-state index in [0.29, 0.717) is 18.8 Å². The molecule has 14 heteroatoms. The molecule has 10 nitrogen and oxygen atoms in total. The van der Waals surface area contributed by atoms with Gasteiger partial charge in [-0.05, 0) is 55.8 Å². The molecule has 0 aliphatic carbocycles. The van der Waals surface area contributed by atoms with Gasteiger partial charge in [0.2, 0.25) is 10.0 Å². The summed E-state index contributed by atoms with van der Waals surface area (Å²) >= 11 is 0. The highest BCUT2D eigenvalue weighted by atomic mass is 32.2. The highest BCUT2D eigenvalue weighted by molar-refractivity contribution is 7.89. The predicted molar refractivity (Wildman–Crippen MR) is 121 cm³/mol. The fourth-order valence-electron chi connectivity index (χ4n) is 3.62. The smallest absolute Gasteiger partial charge is 0.490 e. The minimum absolute atomic E-state index is 0.00260. The van der Waals surface area contributed by atoms with E-state index in [1.807, 2.05) is 30.3 Å². The van der Waals surface area contributed by atoms with Crippen LogP contribution in [0.1, 0.15) is 18.4 Å². The summed E-state index contributed by atoms with van der Waals surface area (Å²) in [6.07, 6.45) is -4.61. The molecule has 0 atom stereocenters. The van der Waals surface area contributed by atoms with Crippen molar-refractivity contribution in [2.75, 3.05) is 20.2 Å². The summed E-state index contributed by atoms with van der Waals surface area (Å²) in [7, 11) is -2.56. The lowest BCUT2D eigenvalue weighted by molar-refractivity contribution is -0.192. The predicted octanol–water partition coefficient (Wildman–Crippen LogP) is 2.15. The second-order valence-electron chi connectivity index (χ2n) is 7.70. The SMILES string of the molecule is COc1ccc(S(=O)(=O)N(Cc2ccccc2)C2(C(=O)NO)CCNCC2)cc1.O=C(O)C(F)(F)F. The van der Waals surface area contributed by atoms with Crippen molar-refractivity contribution in [2.24, 2.45) is 0 Å². The Kier molecular flexibility index (Phi) is 9.81. The van der Waals surface area contributed by atoms with Gasteiger partial charge in [0.15, 0.2) is 0 Å². The van der Waals surface area contributed by atoms with Crippen LogP contribution in [0.25, 0.3) is 0 Å². The number of hydrogen-bond donors (Lipinski definition) is 4. The first-order valence-electron chi connectivity index (χ1n) is 10.5. The molecule has 1 aliphatic heterocycles. The number of carboxylic acid groups (broad SMARTS) is 1. The summed E-state index contributed by atoms with van der Waals surface area (Å²) in [6, 6.07) is 15.1. The Morgan fingerprint density at radius 2 is 1.61 bits per heavy atom. The van der Waals surface area contributed by atoms with Crippen LogP contribution in [0.15, 0.2) is 59.5 Å². The maximum atomic E-state index is 13.7.